The van der Waals surface area contributed by atoms with Gasteiger partial charge < -0.3 is 0 Å². The van der Waals surface area contributed by atoms with Gasteiger partial charge in [0, 0.05) is 5.41 Å². The van der Waals surface area contributed by atoms with Crippen LogP contribution in [-0.2, 0) is 10.8 Å². The van der Waals surface area contributed by atoms with Crippen molar-refractivity contribution in [3.63, 3.8) is 0 Å². The Kier molecular flexibility index (Phi) is 8.89. The number of aryl methyl sites for hydroxylation is 6. The maximum Gasteiger partial charge on any atom is 0.242 e. The van der Waals surface area contributed by atoms with Crippen molar-refractivity contribution < 1.29 is 0 Å². The topological polar surface area (TPSA) is 0 Å². The molecule has 0 amide bonds. The first-order valence-corrected chi connectivity index (χ1v) is 23.8. The Morgan fingerprint density at radius 1 is 0.467 bits per heavy atom. The summed E-state index contributed by atoms with van der Waals surface area (Å²) < 4.78 is 0. The minimum Gasteiger partial charge on any atom is -0.0680 e. The largest absolute Gasteiger partial charge is 0.242 e. The lowest BCUT2D eigenvalue weighted by Crippen LogP contribution is -2.69. The first kappa shape index (κ1) is 38.0. The quantitative estimate of drug-likeness (QED) is 0.101. The average molecular weight is 795 g/mol. The van der Waals surface area contributed by atoms with E-state index in [9.17, 15) is 0 Å². The summed E-state index contributed by atoms with van der Waals surface area (Å²) in [5.74, 6) is 1.77. The van der Waals surface area contributed by atoms with Gasteiger partial charge in [-0.25, -0.2) is 0 Å². The van der Waals surface area contributed by atoms with Crippen molar-refractivity contribution in [2.45, 2.75) is 84.5 Å². The van der Waals surface area contributed by atoms with Gasteiger partial charge in [0.05, 0.1) is 0 Å². The summed E-state index contributed by atoms with van der Waals surface area (Å²) in [5.41, 5.74) is 19.4. The third kappa shape index (κ3) is 5.61. The van der Waals surface area contributed by atoms with Gasteiger partial charge in [-0.2, -0.15) is 0 Å². The number of fused-ring (bicyclic) bond motifs is 1. The molecule has 0 heterocycles. The number of hydrogen-bond donors (Lipinski definition) is 0. The lowest BCUT2D eigenvalue weighted by molar-refractivity contribution is -0.199. The van der Waals surface area contributed by atoms with Gasteiger partial charge in [0.15, 0.2) is 0 Å². The molecule has 0 radical (unpaired) electrons. The number of rotatable bonds is 9. The van der Waals surface area contributed by atoms with E-state index in [1.807, 2.05) is 0 Å². The van der Waals surface area contributed by atoms with E-state index >= 15 is 0 Å². The molecule has 11 rings (SSSR count). The molecule has 4 fully saturated rings. The molecule has 0 nitrogen and oxygen atoms in total. The fourth-order valence-electron chi connectivity index (χ4n) is 14.3. The van der Waals surface area contributed by atoms with Crippen LogP contribution < -0.4 is 32.3 Å². The highest BCUT2D eigenvalue weighted by Crippen LogP contribution is 2.89. The zero-order chi connectivity index (χ0) is 41.0. The van der Waals surface area contributed by atoms with Crippen LogP contribution in [0.4, 0.5) is 0 Å². The molecule has 2 heteroatoms. The minimum atomic E-state index is -0.596. The second kappa shape index (κ2) is 14.0. The Bertz CT molecular complexity index is 2630. The Balaban J connectivity index is 0.917. The van der Waals surface area contributed by atoms with E-state index in [1.54, 1.807) is 11.1 Å². The van der Waals surface area contributed by atoms with Crippen molar-refractivity contribution >= 4 is 46.9 Å². The summed E-state index contributed by atoms with van der Waals surface area (Å²) in [6.45, 7) is 13.9. The maximum atomic E-state index is 2.55. The van der Waals surface area contributed by atoms with Crippen LogP contribution in [0.5, 0.6) is 0 Å². The molecule has 4 aliphatic carbocycles. The van der Waals surface area contributed by atoms with E-state index in [0.29, 0.717) is 10.8 Å². The van der Waals surface area contributed by atoms with Crippen LogP contribution in [0.1, 0.15) is 76.6 Å². The molecule has 7 aromatic carbocycles. The molecular weight excluding hydrogens is 738 g/mol. The van der Waals surface area contributed by atoms with Gasteiger partial charge in [-0.3, -0.25) is 0 Å². The fourth-order valence-corrected chi connectivity index (χ4v) is 16.5. The molecule has 296 valence electrons. The second-order valence-corrected chi connectivity index (χ2v) is 21.8. The van der Waals surface area contributed by atoms with E-state index < -0.39 is 7.92 Å². The van der Waals surface area contributed by atoms with E-state index in [4.69, 9.17) is 0 Å². The number of hydrogen-bond acceptors (Lipinski definition) is 0. The molecule has 4 aliphatic rings. The zero-order valence-corrected chi connectivity index (χ0v) is 37.1. The van der Waals surface area contributed by atoms with E-state index in [-0.39, 0.29) is 12.1 Å². The first-order valence-electron chi connectivity index (χ1n) is 22.5. The van der Waals surface area contributed by atoms with Gasteiger partial charge in [-0.1, -0.05) is 207 Å². The number of benzene rings is 7. The summed E-state index contributed by atoms with van der Waals surface area (Å²) >= 11 is 0. The summed E-state index contributed by atoms with van der Waals surface area (Å²) in [6, 6.07) is 61.4. The first-order chi connectivity index (χ1) is 29.1. The lowest BCUT2D eigenvalue weighted by atomic mass is 9.30. The predicted octanol–water partition coefficient (Wildman–Crippen LogP) is 10.9. The van der Waals surface area contributed by atoms with Gasteiger partial charge in [0.25, 0.3) is 0 Å². The Morgan fingerprint density at radius 3 is 1.53 bits per heavy atom. The Labute approximate surface area is 360 Å². The smallest absolute Gasteiger partial charge is 0.0680 e. The molecule has 0 aromatic heterocycles. The lowest BCUT2D eigenvalue weighted by Gasteiger charge is -2.73. The molecule has 2 bridgehead atoms. The van der Waals surface area contributed by atoms with Gasteiger partial charge in [-0.15, -0.1) is 0 Å². The van der Waals surface area contributed by atoms with E-state index in [0.717, 1.165) is 11.8 Å². The molecule has 5 unspecified atom stereocenters. The molecule has 0 saturated heterocycles. The molecule has 1 spiro atoms. The third-order valence-corrected chi connectivity index (χ3v) is 18.7. The van der Waals surface area contributed by atoms with Crippen molar-refractivity contribution in [3.05, 3.63) is 202 Å². The standard InChI is InChI=1S/C58H56BP/c1-38-28-40(3)54(41(4)29-38)59(55-42(5)30-39(2)31-43(55)6)50-15-13-14-45(32-50)44-20-22-47(23-21-44)57-35-49-33-48-34-56(36-57,37-58(48,49)57)46-24-26-53(27-25-46)60(51-16-9-7-10-17-51)52-18-11-8-12-19-52/h7-32,48-49H,33-37H2,1-6H3. The second-order valence-electron chi connectivity index (χ2n) is 19.6. The highest BCUT2D eigenvalue weighted by atomic mass is 31.1. The monoisotopic (exact) mass is 794 g/mol. The van der Waals surface area contributed by atoms with Crippen LogP contribution in [0.3, 0.4) is 0 Å². The van der Waals surface area contributed by atoms with Gasteiger partial charge >= 0.3 is 0 Å². The molecular formula is C58H56BP. The Morgan fingerprint density at radius 2 is 0.983 bits per heavy atom. The predicted molar refractivity (Wildman–Crippen MR) is 259 cm³/mol. The SMILES string of the molecule is Cc1cc(C)c(B(c2cccc(-c3ccc(C45CC6CC7CC(c8ccc(P(c9ccccc9)c9ccccc9)cc8)(C4)CC765)cc3)c2)c2c(C)cc(C)cc2C)c(C)c1. The van der Waals surface area contributed by atoms with Crippen LogP contribution >= 0.6 is 7.92 Å². The summed E-state index contributed by atoms with van der Waals surface area (Å²) in [6.07, 6.45) is 6.88. The highest BCUT2D eigenvalue weighted by Gasteiger charge is 2.84. The van der Waals surface area contributed by atoms with Crippen molar-refractivity contribution in [1.29, 1.82) is 0 Å². The van der Waals surface area contributed by atoms with Gasteiger partial charge in [-0.05, 0) is 142 Å². The van der Waals surface area contributed by atoms with E-state index in [2.05, 4.69) is 199 Å². The maximum absolute atomic E-state index is 2.55. The Hall–Kier alpha value is -4.97. The molecule has 0 N–H and O–H groups in total. The van der Waals surface area contributed by atoms with Crippen LogP contribution in [0.2, 0.25) is 0 Å². The summed E-state index contributed by atoms with van der Waals surface area (Å²) in [4.78, 5) is 0. The van der Waals surface area contributed by atoms with Crippen LogP contribution in [0, 0.1) is 58.8 Å². The van der Waals surface area contributed by atoms with Crippen LogP contribution in [0.25, 0.3) is 11.1 Å². The van der Waals surface area contributed by atoms with Crippen molar-refractivity contribution in [3.8, 4) is 11.1 Å². The van der Waals surface area contributed by atoms with Crippen molar-refractivity contribution in [2.75, 3.05) is 0 Å². The van der Waals surface area contributed by atoms with E-state index in [1.165, 1.54) is 109 Å². The van der Waals surface area contributed by atoms with Crippen LogP contribution in [-0.4, -0.2) is 6.71 Å². The molecule has 5 atom stereocenters. The molecule has 0 aliphatic heterocycles. The van der Waals surface area contributed by atoms with Crippen molar-refractivity contribution in [2.24, 2.45) is 17.3 Å². The van der Waals surface area contributed by atoms with Gasteiger partial charge in [0.2, 0.25) is 6.71 Å². The molecule has 7 aromatic rings. The van der Waals surface area contributed by atoms with Crippen molar-refractivity contribution in [1.82, 2.24) is 0 Å². The minimum absolute atomic E-state index is 0.175. The fraction of sp³-hybridized carbons (Fsp3) is 0.276. The summed E-state index contributed by atoms with van der Waals surface area (Å²) in [5, 5.41) is 4.30. The van der Waals surface area contributed by atoms with Crippen LogP contribution in [0.15, 0.2) is 158 Å². The normalized spacial score (nSPS) is 24.5. The highest BCUT2D eigenvalue weighted by molar-refractivity contribution is 7.79. The third-order valence-electron chi connectivity index (χ3n) is 16.2. The molecule has 4 saturated carbocycles. The zero-order valence-electron chi connectivity index (χ0n) is 36.2. The average Bonchev–Trinajstić information content (AvgIpc) is 3.71. The summed E-state index contributed by atoms with van der Waals surface area (Å²) in [7, 11) is -0.596. The molecule has 60 heavy (non-hydrogen) atoms. The van der Waals surface area contributed by atoms with Gasteiger partial charge in [0.1, 0.15) is 0 Å².